The Labute approximate surface area is 174 Å². The maximum atomic E-state index is 12.2. The van der Waals surface area contributed by atoms with Crippen molar-refractivity contribution in [2.45, 2.75) is 12.8 Å². The summed E-state index contributed by atoms with van der Waals surface area (Å²) >= 11 is 0. The van der Waals surface area contributed by atoms with E-state index < -0.39 is 11.8 Å². The first-order valence-corrected chi connectivity index (χ1v) is 9.65. The molecule has 1 saturated heterocycles. The van der Waals surface area contributed by atoms with E-state index in [0.29, 0.717) is 31.1 Å². The van der Waals surface area contributed by atoms with Gasteiger partial charge in [-0.3, -0.25) is 14.4 Å². The summed E-state index contributed by atoms with van der Waals surface area (Å²) < 4.78 is 5.17. The topological polar surface area (TPSA) is 115 Å². The number of carbonyl (C=O) groups excluding carboxylic acids is 3. The fourth-order valence-corrected chi connectivity index (χ4v) is 3.19. The van der Waals surface area contributed by atoms with Crippen molar-refractivity contribution in [3.63, 3.8) is 0 Å². The fourth-order valence-electron chi connectivity index (χ4n) is 3.19. The number of hydrogen-bond donors (Lipinski definition) is 2. The Morgan fingerprint density at radius 2 is 1.90 bits per heavy atom. The van der Waals surface area contributed by atoms with E-state index in [-0.39, 0.29) is 17.4 Å². The van der Waals surface area contributed by atoms with Crippen LogP contribution >= 0.6 is 0 Å². The van der Waals surface area contributed by atoms with Crippen LogP contribution in [-0.2, 0) is 14.4 Å². The first kappa shape index (κ1) is 20.9. The molecule has 0 atom stereocenters. The molecule has 0 spiro atoms. The molecule has 8 nitrogen and oxygen atoms in total. The van der Waals surface area contributed by atoms with Gasteiger partial charge in [0.2, 0.25) is 5.91 Å². The second kappa shape index (κ2) is 10.1. The minimum absolute atomic E-state index is 0.0792. The SMILES string of the molecule is N#Cc1ccccc1NC(=O)C(=O)NCC1CCN(C(=O)/C=C/c2ccco2)CC1. The van der Waals surface area contributed by atoms with Crippen molar-refractivity contribution >= 4 is 29.5 Å². The number of hydrogen-bond acceptors (Lipinski definition) is 5. The molecule has 2 aromatic rings. The second-order valence-corrected chi connectivity index (χ2v) is 6.94. The molecular formula is C22H22N4O4. The van der Waals surface area contributed by atoms with Gasteiger partial charge in [-0.15, -0.1) is 0 Å². The number of anilines is 1. The zero-order chi connectivity index (χ0) is 21.3. The van der Waals surface area contributed by atoms with Crippen LogP contribution in [0.5, 0.6) is 0 Å². The maximum absolute atomic E-state index is 12.2. The van der Waals surface area contributed by atoms with E-state index in [1.54, 1.807) is 53.6 Å². The highest BCUT2D eigenvalue weighted by Gasteiger charge is 2.23. The van der Waals surface area contributed by atoms with Crippen molar-refractivity contribution in [1.82, 2.24) is 10.2 Å². The summed E-state index contributed by atoms with van der Waals surface area (Å²) in [7, 11) is 0. The van der Waals surface area contributed by atoms with Crippen LogP contribution < -0.4 is 10.6 Å². The van der Waals surface area contributed by atoms with Crippen molar-refractivity contribution in [3.05, 3.63) is 60.1 Å². The van der Waals surface area contributed by atoms with Gasteiger partial charge in [0.05, 0.1) is 17.5 Å². The van der Waals surface area contributed by atoms with Crippen LogP contribution in [0.1, 0.15) is 24.2 Å². The van der Waals surface area contributed by atoms with Gasteiger partial charge in [-0.05, 0) is 49.1 Å². The minimum Gasteiger partial charge on any atom is -0.465 e. The van der Waals surface area contributed by atoms with Crippen LogP contribution in [0.4, 0.5) is 5.69 Å². The number of nitriles is 1. The third-order valence-corrected chi connectivity index (χ3v) is 4.91. The van der Waals surface area contributed by atoms with Gasteiger partial charge in [0.25, 0.3) is 0 Å². The third-order valence-electron chi connectivity index (χ3n) is 4.91. The molecule has 2 heterocycles. The van der Waals surface area contributed by atoms with Crippen LogP contribution in [-0.4, -0.2) is 42.3 Å². The predicted octanol–water partition coefficient (Wildman–Crippen LogP) is 2.16. The fraction of sp³-hybridized carbons (Fsp3) is 0.273. The van der Waals surface area contributed by atoms with Crippen molar-refractivity contribution in [2.24, 2.45) is 5.92 Å². The summed E-state index contributed by atoms with van der Waals surface area (Å²) in [5.41, 5.74) is 0.589. The molecule has 2 N–H and O–H groups in total. The molecule has 0 radical (unpaired) electrons. The quantitative estimate of drug-likeness (QED) is 0.583. The number of benzene rings is 1. The van der Waals surface area contributed by atoms with E-state index in [2.05, 4.69) is 10.6 Å². The van der Waals surface area contributed by atoms with Crippen molar-refractivity contribution < 1.29 is 18.8 Å². The number of likely N-dealkylation sites (tertiary alicyclic amines) is 1. The van der Waals surface area contributed by atoms with Gasteiger partial charge < -0.3 is 20.0 Å². The number of rotatable bonds is 5. The molecule has 0 bridgehead atoms. The van der Waals surface area contributed by atoms with E-state index in [4.69, 9.17) is 9.68 Å². The molecule has 3 rings (SSSR count). The molecule has 30 heavy (non-hydrogen) atoms. The van der Waals surface area contributed by atoms with Gasteiger partial charge in [0.1, 0.15) is 11.8 Å². The van der Waals surface area contributed by atoms with E-state index in [9.17, 15) is 14.4 Å². The minimum atomic E-state index is -0.812. The van der Waals surface area contributed by atoms with E-state index in [0.717, 1.165) is 12.8 Å². The summed E-state index contributed by atoms with van der Waals surface area (Å²) in [4.78, 5) is 38.1. The number of carbonyl (C=O) groups is 3. The summed E-state index contributed by atoms with van der Waals surface area (Å²) in [6.45, 7) is 1.53. The maximum Gasteiger partial charge on any atom is 0.313 e. The predicted molar refractivity (Wildman–Crippen MR) is 110 cm³/mol. The molecule has 0 saturated carbocycles. The standard InChI is InChI=1S/C22H22N4O4/c23-14-17-4-1-2-6-19(17)25-22(29)21(28)24-15-16-9-11-26(12-10-16)20(27)8-7-18-5-3-13-30-18/h1-8,13,16H,9-12,15H2,(H,24,28)(H,25,29)/b8-7+. The summed E-state index contributed by atoms with van der Waals surface area (Å²) in [6.07, 6.45) is 6.15. The molecule has 1 aliphatic heterocycles. The molecule has 0 aliphatic carbocycles. The third kappa shape index (κ3) is 5.58. The van der Waals surface area contributed by atoms with Crippen molar-refractivity contribution in [1.29, 1.82) is 5.26 Å². The lowest BCUT2D eigenvalue weighted by Gasteiger charge is -2.31. The van der Waals surface area contributed by atoms with Gasteiger partial charge in [-0.2, -0.15) is 5.26 Å². The highest BCUT2D eigenvalue weighted by molar-refractivity contribution is 6.39. The van der Waals surface area contributed by atoms with Gasteiger partial charge in [-0.25, -0.2) is 0 Å². The average Bonchev–Trinajstić information content (AvgIpc) is 3.30. The molecule has 3 amide bonds. The molecule has 1 aromatic heterocycles. The molecule has 1 aliphatic rings. The number of para-hydroxylation sites is 1. The first-order chi connectivity index (χ1) is 14.6. The van der Waals surface area contributed by atoms with Gasteiger partial charge >= 0.3 is 11.8 Å². The highest BCUT2D eigenvalue weighted by atomic mass is 16.3. The van der Waals surface area contributed by atoms with Gasteiger partial charge in [0, 0.05) is 25.7 Å². The molecule has 8 heteroatoms. The molecule has 154 valence electrons. The van der Waals surface area contributed by atoms with E-state index in [1.165, 1.54) is 6.08 Å². The lowest BCUT2D eigenvalue weighted by molar-refractivity contribution is -0.136. The normalized spacial score (nSPS) is 14.3. The lowest BCUT2D eigenvalue weighted by atomic mass is 9.96. The van der Waals surface area contributed by atoms with Gasteiger partial charge in [-0.1, -0.05) is 12.1 Å². The average molecular weight is 406 g/mol. The van der Waals surface area contributed by atoms with Crippen LogP contribution in [0.15, 0.2) is 53.2 Å². The van der Waals surface area contributed by atoms with Crippen LogP contribution in [0, 0.1) is 17.2 Å². The number of amides is 3. The summed E-state index contributed by atoms with van der Waals surface area (Å²) in [6, 6.07) is 12.0. The Morgan fingerprint density at radius 1 is 1.13 bits per heavy atom. The Bertz CT molecular complexity index is 967. The number of nitrogens with zero attached hydrogens (tertiary/aromatic N) is 2. The van der Waals surface area contributed by atoms with Crippen molar-refractivity contribution in [2.75, 3.05) is 25.0 Å². The number of nitrogens with one attached hydrogen (secondary N) is 2. The van der Waals surface area contributed by atoms with E-state index in [1.807, 2.05) is 6.07 Å². The molecule has 0 unspecified atom stereocenters. The second-order valence-electron chi connectivity index (χ2n) is 6.94. The van der Waals surface area contributed by atoms with Crippen LogP contribution in [0.25, 0.3) is 6.08 Å². The largest absolute Gasteiger partial charge is 0.465 e. The van der Waals surface area contributed by atoms with Crippen molar-refractivity contribution in [3.8, 4) is 6.07 Å². The molecule has 1 aromatic carbocycles. The zero-order valence-corrected chi connectivity index (χ0v) is 16.3. The summed E-state index contributed by atoms with van der Waals surface area (Å²) in [5.74, 6) is -0.830. The van der Waals surface area contributed by atoms with E-state index >= 15 is 0 Å². The monoisotopic (exact) mass is 406 g/mol. The smallest absolute Gasteiger partial charge is 0.313 e. The Balaban J connectivity index is 1.40. The zero-order valence-electron chi connectivity index (χ0n) is 16.3. The van der Waals surface area contributed by atoms with Gasteiger partial charge in [0.15, 0.2) is 0 Å². The van der Waals surface area contributed by atoms with Crippen LogP contribution in [0.3, 0.4) is 0 Å². The Kier molecular flexibility index (Phi) is 7.00. The number of furan rings is 1. The molecular weight excluding hydrogens is 384 g/mol. The Morgan fingerprint density at radius 3 is 2.60 bits per heavy atom. The first-order valence-electron chi connectivity index (χ1n) is 9.65. The molecule has 1 fully saturated rings. The summed E-state index contributed by atoms with van der Waals surface area (Å²) in [5, 5.41) is 14.1. The highest BCUT2D eigenvalue weighted by Crippen LogP contribution is 2.17. The number of piperidine rings is 1. The van der Waals surface area contributed by atoms with Crippen LogP contribution in [0.2, 0.25) is 0 Å². The Hall–Kier alpha value is -3.86. The lowest BCUT2D eigenvalue weighted by Crippen LogP contribution is -2.43.